The van der Waals surface area contributed by atoms with Gasteiger partial charge >= 0.3 is 6.18 Å². The van der Waals surface area contributed by atoms with Crippen molar-refractivity contribution in [2.24, 2.45) is 0 Å². The first-order chi connectivity index (χ1) is 14.4. The van der Waals surface area contributed by atoms with Gasteiger partial charge in [0.1, 0.15) is 0 Å². The monoisotopic (exact) mass is 438 g/mol. The van der Waals surface area contributed by atoms with Crippen molar-refractivity contribution in [1.29, 1.82) is 0 Å². The number of nitrogens with zero attached hydrogens (tertiary/aromatic N) is 4. The topological polar surface area (TPSA) is 39.7 Å². The van der Waals surface area contributed by atoms with Crippen molar-refractivity contribution in [3.8, 4) is 0 Å². The fraction of sp³-hybridized carbons (Fsp3) is 0.524. The lowest BCUT2D eigenvalue weighted by Crippen LogP contribution is -2.49. The molecule has 30 heavy (non-hydrogen) atoms. The second-order valence-electron chi connectivity index (χ2n) is 7.78. The van der Waals surface area contributed by atoms with Gasteiger partial charge in [0.2, 0.25) is 0 Å². The highest BCUT2D eigenvalue weighted by molar-refractivity contribution is 7.13. The predicted octanol–water partition coefficient (Wildman–Crippen LogP) is 4.11. The molecule has 3 heterocycles. The zero-order valence-corrected chi connectivity index (χ0v) is 17.5. The lowest BCUT2D eigenvalue weighted by atomic mass is 10.1. The molecule has 162 valence electrons. The van der Waals surface area contributed by atoms with Gasteiger partial charge in [-0.3, -0.25) is 9.69 Å². The maximum atomic E-state index is 13.2. The van der Waals surface area contributed by atoms with Crippen LogP contribution in [0.2, 0.25) is 0 Å². The second kappa shape index (κ2) is 8.93. The predicted molar refractivity (Wildman–Crippen MR) is 111 cm³/mol. The molecule has 2 fully saturated rings. The Kier molecular flexibility index (Phi) is 6.29. The fourth-order valence-electron chi connectivity index (χ4n) is 4.05. The highest BCUT2D eigenvalue weighted by Crippen LogP contribution is 2.32. The molecular weight excluding hydrogens is 413 g/mol. The Morgan fingerprint density at radius 1 is 1.00 bits per heavy atom. The maximum Gasteiger partial charge on any atom is 0.417 e. The van der Waals surface area contributed by atoms with Gasteiger partial charge in [0.05, 0.1) is 16.8 Å². The number of rotatable bonds is 4. The summed E-state index contributed by atoms with van der Waals surface area (Å²) in [6.45, 7) is 4.99. The average Bonchev–Trinajstić information content (AvgIpc) is 3.22. The Bertz CT molecular complexity index is 871. The van der Waals surface area contributed by atoms with Gasteiger partial charge < -0.3 is 9.80 Å². The number of alkyl halides is 3. The van der Waals surface area contributed by atoms with Gasteiger partial charge in [-0.15, -0.1) is 11.3 Å². The number of likely N-dealkylation sites (tertiary alicyclic amines) is 1. The summed E-state index contributed by atoms with van der Waals surface area (Å²) in [5.41, 5.74) is -0.0919. The average molecular weight is 439 g/mol. The minimum absolute atomic E-state index is 0.281. The Hall–Kier alpha value is -2.13. The molecule has 0 spiro atoms. The van der Waals surface area contributed by atoms with Gasteiger partial charge in [-0.1, -0.05) is 18.6 Å². The first kappa shape index (κ1) is 21.1. The zero-order chi connectivity index (χ0) is 21.1. The van der Waals surface area contributed by atoms with E-state index in [1.807, 2.05) is 0 Å². The first-order valence-electron chi connectivity index (χ1n) is 10.3. The number of benzene rings is 1. The molecular formula is C21H25F3N4OS. The normalized spacial score (nSPS) is 18.6. The molecule has 5 nitrogen and oxygen atoms in total. The van der Waals surface area contributed by atoms with Gasteiger partial charge in [-0.2, -0.15) is 13.2 Å². The van der Waals surface area contributed by atoms with E-state index < -0.39 is 17.6 Å². The molecule has 9 heteroatoms. The summed E-state index contributed by atoms with van der Waals surface area (Å²) in [6.07, 6.45) is -0.760. The maximum absolute atomic E-state index is 13.2. The smallest absolute Gasteiger partial charge is 0.345 e. The second-order valence-corrected chi connectivity index (χ2v) is 8.62. The van der Waals surface area contributed by atoms with E-state index in [2.05, 4.69) is 15.2 Å². The summed E-state index contributed by atoms with van der Waals surface area (Å²) < 4.78 is 39.7. The van der Waals surface area contributed by atoms with Crippen LogP contribution in [-0.4, -0.2) is 60.0 Å². The van der Waals surface area contributed by atoms with Crippen LogP contribution in [0, 0.1) is 0 Å². The fourth-order valence-corrected chi connectivity index (χ4v) is 4.92. The third-order valence-corrected chi connectivity index (χ3v) is 6.62. The number of carbonyl (C=O) groups is 1. The molecule has 4 rings (SSSR count). The van der Waals surface area contributed by atoms with E-state index in [1.165, 1.54) is 42.4 Å². The van der Waals surface area contributed by atoms with Crippen molar-refractivity contribution in [1.82, 2.24) is 14.8 Å². The van der Waals surface area contributed by atoms with Crippen LogP contribution in [0.3, 0.4) is 0 Å². The highest BCUT2D eigenvalue weighted by atomic mass is 32.1. The van der Waals surface area contributed by atoms with Crippen LogP contribution in [0.15, 0.2) is 29.6 Å². The van der Waals surface area contributed by atoms with Crippen LogP contribution in [0.5, 0.6) is 0 Å². The molecule has 2 aliphatic rings. The van der Waals surface area contributed by atoms with Crippen molar-refractivity contribution in [3.63, 3.8) is 0 Å². The van der Waals surface area contributed by atoms with E-state index in [-0.39, 0.29) is 5.56 Å². The van der Waals surface area contributed by atoms with Crippen LogP contribution in [-0.2, 0) is 12.7 Å². The van der Waals surface area contributed by atoms with Gasteiger partial charge in [0, 0.05) is 38.1 Å². The molecule has 0 aliphatic carbocycles. The molecule has 2 saturated heterocycles. The zero-order valence-electron chi connectivity index (χ0n) is 16.7. The number of halogens is 3. The first-order valence-corrected chi connectivity index (χ1v) is 11.2. The molecule has 1 amide bonds. The van der Waals surface area contributed by atoms with E-state index >= 15 is 0 Å². The minimum Gasteiger partial charge on any atom is -0.345 e. The number of carbonyl (C=O) groups excluding carboxylic acids is 1. The lowest BCUT2D eigenvalue weighted by molar-refractivity contribution is -0.138. The molecule has 1 aromatic heterocycles. The Morgan fingerprint density at radius 2 is 1.70 bits per heavy atom. The molecule has 0 atom stereocenters. The Labute approximate surface area is 178 Å². The number of aromatic nitrogens is 1. The van der Waals surface area contributed by atoms with Crippen molar-refractivity contribution in [2.45, 2.75) is 32.0 Å². The molecule has 0 N–H and O–H groups in total. The Morgan fingerprint density at radius 3 is 2.40 bits per heavy atom. The van der Waals surface area contributed by atoms with Crippen molar-refractivity contribution in [3.05, 3.63) is 46.5 Å². The third kappa shape index (κ3) is 4.78. The van der Waals surface area contributed by atoms with E-state index in [9.17, 15) is 18.0 Å². The van der Waals surface area contributed by atoms with E-state index in [1.54, 1.807) is 11.3 Å². The molecule has 1 aromatic carbocycles. The largest absolute Gasteiger partial charge is 0.417 e. The van der Waals surface area contributed by atoms with Crippen LogP contribution in [0.1, 0.15) is 40.9 Å². The summed E-state index contributed by atoms with van der Waals surface area (Å²) in [4.78, 5) is 23.5. The number of piperazine rings is 1. The molecule has 0 radical (unpaired) electrons. The molecule has 0 unspecified atom stereocenters. The van der Waals surface area contributed by atoms with Crippen LogP contribution in [0.25, 0.3) is 0 Å². The van der Waals surface area contributed by atoms with Crippen molar-refractivity contribution in [2.75, 3.05) is 44.2 Å². The van der Waals surface area contributed by atoms with Gasteiger partial charge in [0.15, 0.2) is 5.13 Å². The van der Waals surface area contributed by atoms with Gasteiger partial charge in [-0.05, 0) is 38.1 Å². The number of thiazole rings is 1. The summed E-state index contributed by atoms with van der Waals surface area (Å²) in [6, 6.07) is 4.99. The highest BCUT2D eigenvalue weighted by Gasteiger charge is 2.36. The number of anilines is 1. The van der Waals surface area contributed by atoms with E-state index in [0.717, 1.165) is 36.5 Å². The van der Waals surface area contributed by atoms with Gasteiger partial charge in [0.25, 0.3) is 5.91 Å². The lowest BCUT2D eigenvalue weighted by Gasteiger charge is -2.35. The van der Waals surface area contributed by atoms with Crippen LogP contribution < -0.4 is 4.90 Å². The van der Waals surface area contributed by atoms with E-state index in [4.69, 9.17) is 4.98 Å². The summed E-state index contributed by atoms with van der Waals surface area (Å²) >= 11 is 1.59. The molecule has 2 aromatic rings. The minimum atomic E-state index is -4.54. The van der Waals surface area contributed by atoms with Crippen molar-refractivity contribution < 1.29 is 18.0 Å². The number of amides is 1. The van der Waals surface area contributed by atoms with Crippen LogP contribution >= 0.6 is 11.3 Å². The SMILES string of the molecule is O=C(c1ccccc1C(F)(F)F)N1CCN(c2nc(CN3CCCCC3)cs2)CC1. The molecule has 0 saturated carbocycles. The Balaban J connectivity index is 1.36. The summed E-state index contributed by atoms with van der Waals surface area (Å²) in [7, 11) is 0. The standard InChI is InChI=1S/C21H25F3N4OS/c22-21(23,24)18-7-3-2-6-17(18)19(29)27-10-12-28(13-11-27)20-25-16(15-30-20)14-26-8-4-1-5-9-26/h2-3,6-7,15H,1,4-5,8-14H2. The summed E-state index contributed by atoms with van der Waals surface area (Å²) in [5.74, 6) is -0.562. The van der Waals surface area contributed by atoms with Gasteiger partial charge in [-0.25, -0.2) is 4.98 Å². The number of hydrogen-bond donors (Lipinski definition) is 0. The summed E-state index contributed by atoms with van der Waals surface area (Å²) in [5, 5.41) is 3.01. The number of hydrogen-bond acceptors (Lipinski definition) is 5. The van der Waals surface area contributed by atoms with Crippen LogP contribution in [0.4, 0.5) is 18.3 Å². The van der Waals surface area contributed by atoms with Crippen molar-refractivity contribution >= 4 is 22.4 Å². The quantitative estimate of drug-likeness (QED) is 0.720. The molecule has 0 bridgehead atoms. The molecule has 2 aliphatic heterocycles. The van der Waals surface area contributed by atoms with E-state index in [0.29, 0.717) is 26.2 Å². The number of piperidine rings is 1. The third-order valence-electron chi connectivity index (χ3n) is 5.67.